The molecule has 0 atom stereocenters. The number of thiazole rings is 1. The van der Waals surface area contributed by atoms with Crippen molar-refractivity contribution in [3.8, 4) is 0 Å². The molecule has 2 fully saturated rings. The lowest BCUT2D eigenvalue weighted by Crippen LogP contribution is -2.50. The molecule has 5 heteroatoms. The van der Waals surface area contributed by atoms with Crippen LogP contribution in [0.5, 0.6) is 0 Å². The second-order valence-electron chi connectivity index (χ2n) is 6.85. The summed E-state index contributed by atoms with van der Waals surface area (Å²) in [6, 6.07) is 4.88. The summed E-state index contributed by atoms with van der Waals surface area (Å²) in [5.41, 5.74) is 2.29. The summed E-state index contributed by atoms with van der Waals surface area (Å²) < 4.78 is 1.14. The van der Waals surface area contributed by atoms with Crippen molar-refractivity contribution in [2.45, 2.75) is 45.1 Å². The average molecular weight is 350 g/mol. The molecule has 124 valence electrons. The zero-order valence-electron chi connectivity index (χ0n) is 13.7. The summed E-state index contributed by atoms with van der Waals surface area (Å²) >= 11 is 8.10. The molecule has 0 radical (unpaired) electrons. The lowest BCUT2D eigenvalue weighted by atomic mass is 9.94. The molecular formula is C18H24ClN3S. The van der Waals surface area contributed by atoms with Gasteiger partial charge in [-0.25, -0.2) is 4.98 Å². The summed E-state index contributed by atoms with van der Waals surface area (Å²) in [6.07, 6.45) is 7.06. The predicted octanol–water partition coefficient (Wildman–Crippen LogP) is 4.71. The summed E-state index contributed by atoms with van der Waals surface area (Å²) in [7, 11) is 0. The van der Waals surface area contributed by atoms with Crippen LogP contribution in [0.25, 0.3) is 10.2 Å². The first-order valence-corrected chi connectivity index (χ1v) is 9.96. The number of aromatic nitrogens is 1. The fourth-order valence-corrected chi connectivity index (χ4v) is 5.32. The first-order valence-electron chi connectivity index (χ1n) is 8.77. The maximum atomic E-state index is 6.35. The molecule has 0 N–H and O–H groups in total. The van der Waals surface area contributed by atoms with Crippen LogP contribution in [0.4, 0.5) is 5.13 Å². The zero-order chi connectivity index (χ0) is 15.8. The number of piperazine rings is 1. The number of nitrogens with zero attached hydrogens (tertiary/aromatic N) is 3. The number of halogens is 1. The third-order valence-electron chi connectivity index (χ3n) is 5.36. The number of hydrogen-bond donors (Lipinski definition) is 0. The van der Waals surface area contributed by atoms with Crippen molar-refractivity contribution >= 4 is 38.3 Å². The van der Waals surface area contributed by atoms with Crippen molar-refractivity contribution in [3.63, 3.8) is 0 Å². The maximum absolute atomic E-state index is 6.35. The molecule has 0 bridgehead atoms. The van der Waals surface area contributed by atoms with Gasteiger partial charge < -0.3 is 4.90 Å². The van der Waals surface area contributed by atoms with Crippen LogP contribution in [0, 0.1) is 6.92 Å². The number of fused-ring (bicyclic) bond motifs is 1. The number of anilines is 1. The van der Waals surface area contributed by atoms with Crippen molar-refractivity contribution in [1.82, 2.24) is 9.88 Å². The van der Waals surface area contributed by atoms with Crippen molar-refractivity contribution in [2.75, 3.05) is 31.1 Å². The van der Waals surface area contributed by atoms with Crippen molar-refractivity contribution in [3.05, 3.63) is 22.7 Å². The van der Waals surface area contributed by atoms with Crippen LogP contribution in [0.1, 0.15) is 37.7 Å². The van der Waals surface area contributed by atoms with Gasteiger partial charge >= 0.3 is 0 Å². The minimum atomic E-state index is 0.829. The molecule has 0 spiro atoms. The minimum Gasteiger partial charge on any atom is -0.345 e. The third kappa shape index (κ3) is 3.09. The Bertz CT molecular complexity index is 646. The van der Waals surface area contributed by atoms with Crippen LogP contribution in [0.2, 0.25) is 5.02 Å². The van der Waals surface area contributed by atoms with E-state index in [1.54, 1.807) is 11.3 Å². The van der Waals surface area contributed by atoms with E-state index in [0.29, 0.717) is 0 Å². The van der Waals surface area contributed by atoms with E-state index in [1.165, 1.54) is 50.8 Å². The van der Waals surface area contributed by atoms with Gasteiger partial charge in [-0.15, -0.1) is 0 Å². The average Bonchev–Trinajstić information content (AvgIpc) is 3.06. The van der Waals surface area contributed by atoms with E-state index in [9.17, 15) is 0 Å². The Labute approximate surface area is 147 Å². The second-order valence-corrected chi connectivity index (χ2v) is 8.24. The molecule has 1 aliphatic carbocycles. The zero-order valence-corrected chi connectivity index (χ0v) is 15.3. The van der Waals surface area contributed by atoms with Crippen LogP contribution in [0.3, 0.4) is 0 Å². The highest BCUT2D eigenvalue weighted by Crippen LogP contribution is 2.36. The normalized spacial score (nSPS) is 21.2. The van der Waals surface area contributed by atoms with Crippen LogP contribution in [-0.2, 0) is 0 Å². The Kier molecular flexibility index (Phi) is 4.48. The van der Waals surface area contributed by atoms with Gasteiger partial charge in [0.1, 0.15) is 0 Å². The molecule has 3 nitrogen and oxygen atoms in total. The molecule has 0 unspecified atom stereocenters. The monoisotopic (exact) mass is 349 g/mol. The molecule has 1 aromatic carbocycles. The van der Waals surface area contributed by atoms with E-state index in [4.69, 9.17) is 16.6 Å². The predicted molar refractivity (Wildman–Crippen MR) is 100 cm³/mol. The highest BCUT2D eigenvalue weighted by molar-refractivity contribution is 7.22. The van der Waals surface area contributed by atoms with Crippen molar-refractivity contribution in [1.29, 1.82) is 0 Å². The topological polar surface area (TPSA) is 19.4 Å². The van der Waals surface area contributed by atoms with E-state index in [2.05, 4.69) is 22.8 Å². The van der Waals surface area contributed by atoms with Crippen LogP contribution in [-0.4, -0.2) is 42.1 Å². The summed E-state index contributed by atoms with van der Waals surface area (Å²) in [6.45, 7) is 6.64. The second kappa shape index (κ2) is 6.58. The molecular weight excluding hydrogens is 326 g/mol. The van der Waals surface area contributed by atoms with Gasteiger partial charge in [0.15, 0.2) is 5.13 Å². The minimum absolute atomic E-state index is 0.829. The molecule has 1 aliphatic heterocycles. The molecule has 1 saturated heterocycles. The first-order chi connectivity index (χ1) is 11.2. The van der Waals surface area contributed by atoms with Gasteiger partial charge in [0.25, 0.3) is 0 Å². The number of benzene rings is 1. The molecule has 0 amide bonds. The first kappa shape index (κ1) is 15.7. The number of aryl methyl sites for hydroxylation is 1. The molecule has 2 aromatic rings. The van der Waals surface area contributed by atoms with Gasteiger partial charge in [-0.05, 0) is 31.4 Å². The van der Waals surface area contributed by atoms with Crippen LogP contribution >= 0.6 is 22.9 Å². The number of rotatable bonds is 2. The van der Waals surface area contributed by atoms with Gasteiger partial charge in [-0.3, -0.25) is 4.90 Å². The Morgan fingerprint density at radius 3 is 2.52 bits per heavy atom. The van der Waals surface area contributed by atoms with E-state index < -0.39 is 0 Å². The Morgan fingerprint density at radius 2 is 1.83 bits per heavy atom. The van der Waals surface area contributed by atoms with E-state index >= 15 is 0 Å². The van der Waals surface area contributed by atoms with Crippen LogP contribution < -0.4 is 4.90 Å². The van der Waals surface area contributed by atoms with Crippen molar-refractivity contribution < 1.29 is 0 Å². The van der Waals surface area contributed by atoms with Gasteiger partial charge in [0.2, 0.25) is 0 Å². The van der Waals surface area contributed by atoms with E-state index in [1.807, 2.05) is 6.07 Å². The molecule has 23 heavy (non-hydrogen) atoms. The largest absolute Gasteiger partial charge is 0.345 e. The maximum Gasteiger partial charge on any atom is 0.186 e. The SMILES string of the molecule is Cc1ccc(Cl)c2sc(N3CCN(C4CCCCC4)CC3)nc12. The molecule has 2 aliphatic rings. The Morgan fingerprint density at radius 1 is 1.09 bits per heavy atom. The molecule has 1 saturated carbocycles. The Hall–Kier alpha value is -0.840. The fourth-order valence-electron chi connectivity index (χ4n) is 3.95. The van der Waals surface area contributed by atoms with Crippen LogP contribution in [0.15, 0.2) is 12.1 Å². The molecule has 1 aromatic heterocycles. The fraction of sp³-hybridized carbons (Fsp3) is 0.611. The van der Waals surface area contributed by atoms with E-state index in [0.717, 1.165) is 39.5 Å². The lowest BCUT2D eigenvalue weighted by molar-refractivity contribution is 0.148. The summed E-state index contributed by atoms with van der Waals surface area (Å²) in [4.78, 5) is 10.0. The summed E-state index contributed by atoms with van der Waals surface area (Å²) in [5.74, 6) is 0. The quantitative estimate of drug-likeness (QED) is 0.782. The van der Waals surface area contributed by atoms with Gasteiger partial charge in [0.05, 0.1) is 15.2 Å². The van der Waals surface area contributed by atoms with Gasteiger partial charge in [-0.2, -0.15) is 0 Å². The standard InChI is InChI=1S/C18H24ClN3S/c1-13-7-8-15(19)17-16(13)20-18(23-17)22-11-9-21(10-12-22)14-5-3-2-4-6-14/h7-8,14H,2-6,9-12H2,1H3. The van der Waals surface area contributed by atoms with E-state index in [-0.39, 0.29) is 0 Å². The summed E-state index contributed by atoms with van der Waals surface area (Å²) in [5, 5.41) is 1.97. The van der Waals surface area contributed by atoms with Crippen molar-refractivity contribution in [2.24, 2.45) is 0 Å². The Balaban J connectivity index is 1.48. The van der Waals surface area contributed by atoms with Gasteiger partial charge in [-0.1, -0.05) is 48.3 Å². The number of hydrogen-bond acceptors (Lipinski definition) is 4. The smallest absolute Gasteiger partial charge is 0.186 e. The highest BCUT2D eigenvalue weighted by Gasteiger charge is 2.26. The molecule has 2 heterocycles. The third-order valence-corrected chi connectivity index (χ3v) is 6.94. The molecule has 4 rings (SSSR count). The van der Waals surface area contributed by atoms with Gasteiger partial charge in [0, 0.05) is 32.2 Å². The lowest BCUT2D eigenvalue weighted by Gasteiger charge is -2.40. The highest BCUT2D eigenvalue weighted by atomic mass is 35.5.